The standard InChI is InChI=1S/C22H30N4O3S/c1-23-30(28,29)18-21-9-7-19(8-10-21)15-24-22(27)17-26-13-11-25(12-14-26)16-20-5-3-2-4-6-20/h2-10,23H,11-18H2,1H3,(H,24,27). The lowest BCUT2D eigenvalue weighted by atomic mass is 10.1. The van der Waals surface area contributed by atoms with Crippen LogP contribution < -0.4 is 10.0 Å². The Morgan fingerprint density at radius 1 is 0.867 bits per heavy atom. The van der Waals surface area contributed by atoms with Crippen molar-refractivity contribution >= 4 is 15.9 Å². The predicted molar refractivity (Wildman–Crippen MR) is 118 cm³/mol. The number of carbonyl (C=O) groups excluding carboxylic acids is 1. The Morgan fingerprint density at radius 2 is 1.47 bits per heavy atom. The molecule has 0 spiro atoms. The van der Waals surface area contributed by atoms with Gasteiger partial charge in [0.05, 0.1) is 12.3 Å². The van der Waals surface area contributed by atoms with Crippen molar-refractivity contribution in [3.8, 4) is 0 Å². The number of rotatable bonds is 9. The number of benzene rings is 2. The predicted octanol–water partition coefficient (Wildman–Crippen LogP) is 1.17. The van der Waals surface area contributed by atoms with Gasteiger partial charge < -0.3 is 5.32 Å². The van der Waals surface area contributed by atoms with Crippen molar-refractivity contribution in [2.75, 3.05) is 39.8 Å². The molecule has 1 saturated heterocycles. The number of amides is 1. The summed E-state index contributed by atoms with van der Waals surface area (Å²) < 4.78 is 25.5. The molecule has 0 unspecified atom stereocenters. The van der Waals surface area contributed by atoms with E-state index in [2.05, 4.69) is 44.1 Å². The molecule has 1 fully saturated rings. The molecule has 2 aromatic carbocycles. The third-order valence-electron chi connectivity index (χ3n) is 5.26. The largest absolute Gasteiger partial charge is 0.351 e. The fraction of sp³-hybridized carbons (Fsp3) is 0.409. The van der Waals surface area contributed by atoms with Gasteiger partial charge in [-0.2, -0.15) is 0 Å². The molecule has 0 radical (unpaired) electrons. The van der Waals surface area contributed by atoms with E-state index in [1.807, 2.05) is 18.2 Å². The second-order valence-electron chi connectivity index (χ2n) is 7.59. The molecular formula is C22H30N4O3S. The fourth-order valence-corrected chi connectivity index (χ4v) is 4.23. The number of hydrogen-bond donors (Lipinski definition) is 2. The highest BCUT2D eigenvalue weighted by Gasteiger charge is 2.19. The molecule has 0 saturated carbocycles. The van der Waals surface area contributed by atoms with Crippen molar-refractivity contribution in [3.63, 3.8) is 0 Å². The molecule has 0 aliphatic carbocycles. The molecule has 2 aromatic rings. The summed E-state index contributed by atoms with van der Waals surface area (Å²) >= 11 is 0. The summed E-state index contributed by atoms with van der Waals surface area (Å²) in [6.45, 7) is 5.47. The molecule has 2 N–H and O–H groups in total. The van der Waals surface area contributed by atoms with Crippen LogP contribution in [0.4, 0.5) is 0 Å². The van der Waals surface area contributed by atoms with E-state index < -0.39 is 10.0 Å². The van der Waals surface area contributed by atoms with E-state index in [4.69, 9.17) is 0 Å². The molecule has 1 amide bonds. The van der Waals surface area contributed by atoms with E-state index in [1.54, 1.807) is 12.1 Å². The molecule has 1 aliphatic rings. The Labute approximate surface area is 179 Å². The lowest BCUT2D eigenvalue weighted by Gasteiger charge is -2.34. The van der Waals surface area contributed by atoms with Crippen molar-refractivity contribution in [2.45, 2.75) is 18.8 Å². The van der Waals surface area contributed by atoms with Gasteiger partial charge in [0.25, 0.3) is 0 Å². The van der Waals surface area contributed by atoms with Gasteiger partial charge >= 0.3 is 0 Å². The van der Waals surface area contributed by atoms with Gasteiger partial charge in [0.15, 0.2) is 0 Å². The molecule has 3 rings (SSSR count). The van der Waals surface area contributed by atoms with E-state index in [1.165, 1.54) is 12.6 Å². The third-order valence-corrected chi connectivity index (χ3v) is 6.60. The van der Waals surface area contributed by atoms with Crippen LogP contribution in [0.3, 0.4) is 0 Å². The first-order valence-corrected chi connectivity index (χ1v) is 11.8. The summed E-state index contributed by atoms with van der Waals surface area (Å²) in [6, 6.07) is 17.7. The van der Waals surface area contributed by atoms with E-state index in [0.717, 1.165) is 38.3 Å². The van der Waals surface area contributed by atoms with Crippen molar-refractivity contribution < 1.29 is 13.2 Å². The van der Waals surface area contributed by atoms with Crippen LogP contribution >= 0.6 is 0 Å². The highest BCUT2D eigenvalue weighted by Crippen LogP contribution is 2.09. The van der Waals surface area contributed by atoms with Gasteiger partial charge in [-0.05, 0) is 23.7 Å². The monoisotopic (exact) mass is 430 g/mol. The summed E-state index contributed by atoms with van der Waals surface area (Å²) in [5.41, 5.74) is 2.98. The zero-order chi connectivity index (χ0) is 21.4. The van der Waals surface area contributed by atoms with E-state index in [9.17, 15) is 13.2 Å². The van der Waals surface area contributed by atoms with Crippen LogP contribution in [0.15, 0.2) is 54.6 Å². The topological polar surface area (TPSA) is 81.8 Å². The van der Waals surface area contributed by atoms with Crippen LogP contribution in [0.25, 0.3) is 0 Å². The van der Waals surface area contributed by atoms with Crippen LogP contribution in [0.5, 0.6) is 0 Å². The summed E-state index contributed by atoms with van der Waals surface area (Å²) in [4.78, 5) is 16.9. The summed E-state index contributed by atoms with van der Waals surface area (Å²) in [5.74, 6) is -0.0415. The Bertz CT molecular complexity index is 909. The highest BCUT2D eigenvalue weighted by atomic mass is 32.2. The van der Waals surface area contributed by atoms with E-state index >= 15 is 0 Å². The molecule has 1 aliphatic heterocycles. The molecule has 30 heavy (non-hydrogen) atoms. The second-order valence-corrected chi connectivity index (χ2v) is 9.52. The number of nitrogens with one attached hydrogen (secondary N) is 2. The van der Waals surface area contributed by atoms with Crippen molar-refractivity contribution in [1.82, 2.24) is 19.8 Å². The molecule has 8 heteroatoms. The maximum atomic E-state index is 12.3. The maximum absolute atomic E-state index is 12.3. The van der Waals surface area contributed by atoms with Crippen molar-refractivity contribution in [3.05, 3.63) is 71.3 Å². The van der Waals surface area contributed by atoms with Gasteiger partial charge in [-0.3, -0.25) is 14.6 Å². The summed E-state index contributed by atoms with van der Waals surface area (Å²) in [6.07, 6.45) is 0. The lowest BCUT2D eigenvalue weighted by Crippen LogP contribution is -2.49. The Hall–Kier alpha value is -2.26. The normalized spacial score (nSPS) is 15.8. The number of sulfonamides is 1. The van der Waals surface area contributed by atoms with Crippen molar-refractivity contribution in [2.24, 2.45) is 0 Å². The molecule has 0 aromatic heterocycles. The zero-order valence-corrected chi connectivity index (χ0v) is 18.2. The SMILES string of the molecule is CNS(=O)(=O)Cc1ccc(CNC(=O)CN2CCN(Cc3ccccc3)CC2)cc1. The molecular weight excluding hydrogens is 400 g/mol. The molecule has 0 bridgehead atoms. The number of piperazine rings is 1. The van der Waals surface area contributed by atoms with Gasteiger partial charge in [0, 0.05) is 39.3 Å². The number of nitrogens with zero attached hydrogens (tertiary/aromatic N) is 2. The van der Waals surface area contributed by atoms with Gasteiger partial charge in [-0.15, -0.1) is 0 Å². The maximum Gasteiger partial charge on any atom is 0.234 e. The van der Waals surface area contributed by atoms with Crippen LogP contribution in [-0.4, -0.2) is 63.9 Å². The van der Waals surface area contributed by atoms with Gasteiger partial charge in [0.2, 0.25) is 15.9 Å². The van der Waals surface area contributed by atoms with Crippen LogP contribution in [0.2, 0.25) is 0 Å². The molecule has 1 heterocycles. The minimum absolute atomic E-state index is 0.00773. The molecule has 0 atom stereocenters. The fourth-order valence-electron chi connectivity index (χ4n) is 3.45. The Morgan fingerprint density at radius 3 is 2.10 bits per heavy atom. The zero-order valence-electron chi connectivity index (χ0n) is 17.4. The van der Waals surface area contributed by atoms with Gasteiger partial charge in [-0.25, -0.2) is 13.1 Å². The lowest BCUT2D eigenvalue weighted by molar-refractivity contribution is -0.122. The first-order valence-electron chi connectivity index (χ1n) is 10.2. The first kappa shape index (κ1) is 22.4. The average Bonchev–Trinajstić information content (AvgIpc) is 2.75. The number of carbonyl (C=O) groups is 1. The van der Waals surface area contributed by atoms with Crippen LogP contribution in [-0.2, 0) is 33.7 Å². The number of hydrogen-bond acceptors (Lipinski definition) is 5. The third kappa shape index (κ3) is 7.21. The minimum atomic E-state index is -3.28. The van der Waals surface area contributed by atoms with Crippen LogP contribution in [0, 0.1) is 0 Å². The van der Waals surface area contributed by atoms with Gasteiger partial charge in [-0.1, -0.05) is 54.6 Å². The van der Waals surface area contributed by atoms with Crippen molar-refractivity contribution in [1.29, 1.82) is 0 Å². The highest BCUT2D eigenvalue weighted by molar-refractivity contribution is 7.88. The second kappa shape index (κ2) is 10.7. The Balaban J connectivity index is 1.37. The smallest absolute Gasteiger partial charge is 0.234 e. The van der Waals surface area contributed by atoms with E-state index in [0.29, 0.717) is 18.7 Å². The van der Waals surface area contributed by atoms with Gasteiger partial charge in [0.1, 0.15) is 0 Å². The van der Waals surface area contributed by atoms with Crippen LogP contribution in [0.1, 0.15) is 16.7 Å². The minimum Gasteiger partial charge on any atom is -0.351 e. The average molecular weight is 431 g/mol. The quantitative estimate of drug-likeness (QED) is 0.624. The molecule has 162 valence electrons. The molecule has 7 nitrogen and oxygen atoms in total. The van der Waals surface area contributed by atoms with E-state index in [-0.39, 0.29) is 11.7 Å². The first-order chi connectivity index (χ1) is 14.4. The summed E-state index contributed by atoms with van der Waals surface area (Å²) in [7, 11) is -1.87. The Kier molecular flexibility index (Phi) is 7.98. The summed E-state index contributed by atoms with van der Waals surface area (Å²) in [5, 5.41) is 2.95.